The minimum Gasteiger partial charge on any atom is -0.459 e. The van der Waals surface area contributed by atoms with Gasteiger partial charge in [0, 0.05) is 36.6 Å². The van der Waals surface area contributed by atoms with Gasteiger partial charge >= 0.3 is 0 Å². The lowest BCUT2D eigenvalue weighted by Gasteiger charge is -2.12. The van der Waals surface area contributed by atoms with Gasteiger partial charge in [-0.2, -0.15) is 0 Å². The van der Waals surface area contributed by atoms with Crippen molar-refractivity contribution in [2.75, 3.05) is 24.7 Å². The van der Waals surface area contributed by atoms with Gasteiger partial charge in [0.05, 0.1) is 6.26 Å². The smallest absolute Gasteiger partial charge is 0.291 e. The van der Waals surface area contributed by atoms with Crippen molar-refractivity contribution in [1.82, 2.24) is 4.90 Å². The van der Waals surface area contributed by atoms with Gasteiger partial charge in [0.1, 0.15) is 0 Å². The Kier molecular flexibility index (Phi) is 5.55. The fourth-order valence-corrected chi connectivity index (χ4v) is 2.53. The van der Waals surface area contributed by atoms with Gasteiger partial charge in [-0.05, 0) is 48.5 Å². The van der Waals surface area contributed by atoms with Crippen LogP contribution in [-0.4, -0.2) is 36.7 Å². The van der Waals surface area contributed by atoms with E-state index in [1.807, 2.05) is 0 Å². The van der Waals surface area contributed by atoms with Crippen molar-refractivity contribution in [3.05, 3.63) is 83.8 Å². The molecule has 0 saturated carbocycles. The van der Waals surface area contributed by atoms with E-state index in [4.69, 9.17) is 4.42 Å². The highest BCUT2D eigenvalue weighted by atomic mass is 16.3. The lowest BCUT2D eigenvalue weighted by Crippen LogP contribution is -2.22. The molecule has 3 rings (SSSR count). The minimum absolute atomic E-state index is 0.154. The van der Waals surface area contributed by atoms with E-state index < -0.39 is 5.91 Å². The highest BCUT2D eigenvalue weighted by Gasteiger charge is 2.13. The largest absolute Gasteiger partial charge is 0.459 e. The quantitative estimate of drug-likeness (QED) is 0.712. The molecule has 0 radical (unpaired) electrons. The summed E-state index contributed by atoms with van der Waals surface area (Å²) < 4.78 is 5.05. The van der Waals surface area contributed by atoms with Crippen molar-refractivity contribution < 1.29 is 18.8 Å². The molecule has 0 spiro atoms. The van der Waals surface area contributed by atoms with Crippen LogP contribution in [0.4, 0.5) is 11.4 Å². The molecule has 28 heavy (non-hydrogen) atoms. The predicted molar refractivity (Wildman–Crippen MR) is 106 cm³/mol. The average Bonchev–Trinajstić information content (AvgIpc) is 3.22. The first kappa shape index (κ1) is 18.9. The standard InChI is InChI=1S/C21H19N3O4/c1-24(2)21(27)15-7-4-9-17(13-15)22-19(25)14-6-3-8-16(12-14)23-20(26)18-10-5-11-28-18/h3-13H,1-2H3,(H,22,25)(H,23,26). The predicted octanol–water partition coefficient (Wildman–Crippen LogP) is 3.49. The summed E-state index contributed by atoms with van der Waals surface area (Å²) in [6, 6.07) is 16.4. The van der Waals surface area contributed by atoms with Crippen LogP contribution in [0.3, 0.4) is 0 Å². The third-order valence-electron chi connectivity index (χ3n) is 3.90. The van der Waals surface area contributed by atoms with Crippen LogP contribution in [0.2, 0.25) is 0 Å². The maximum Gasteiger partial charge on any atom is 0.291 e. The lowest BCUT2D eigenvalue weighted by molar-refractivity contribution is 0.0827. The minimum atomic E-state index is -0.405. The van der Waals surface area contributed by atoms with Gasteiger partial charge in [-0.25, -0.2) is 0 Å². The molecule has 3 aromatic rings. The maximum atomic E-state index is 12.6. The number of benzene rings is 2. The summed E-state index contributed by atoms with van der Waals surface area (Å²) in [6.45, 7) is 0. The molecule has 0 bridgehead atoms. The number of nitrogens with zero attached hydrogens (tertiary/aromatic N) is 1. The first-order valence-electron chi connectivity index (χ1n) is 8.52. The van der Waals surface area contributed by atoms with Crippen LogP contribution in [-0.2, 0) is 0 Å². The number of furan rings is 1. The van der Waals surface area contributed by atoms with Crippen LogP contribution in [0.5, 0.6) is 0 Å². The summed E-state index contributed by atoms with van der Waals surface area (Å²) in [5, 5.41) is 5.44. The monoisotopic (exact) mass is 377 g/mol. The normalized spacial score (nSPS) is 10.2. The highest BCUT2D eigenvalue weighted by Crippen LogP contribution is 2.16. The van der Waals surface area contributed by atoms with Crippen molar-refractivity contribution >= 4 is 29.1 Å². The van der Waals surface area contributed by atoms with Crippen LogP contribution < -0.4 is 10.6 Å². The van der Waals surface area contributed by atoms with Crippen molar-refractivity contribution in [2.45, 2.75) is 0 Å². The Morgan fingerprint density at radius 2 is 1.39 bits per heavy atom. The van der Waals surface area contributed by atoms with Gasteiger partial charge in [0.15, 0.2) is 5.76 Å². The highest BCUT2D eigenvalue weighted by molar-refractivity contribution is 6.07. The van der Waals surface area contributed by atoms with Gasteiger partial charge in [-0.3, -0.25) is 14.4 Å². The van der Waals surface area contributed by atoms with Crippen LogP contribution >= 0.6 is 0 Å². The molecule has 1 heterocycles. The zero-order valence-electron chi connectivity index (χ0n) is 15.4. The summed E-state index contributed by atoms with van der Waals surface area (Å²) in [5.41, 5.74) is 1.80. The Morgan fingerprint density at radius 1 is 0.786 bits per heavy atom. The molecule has 2 aromatic carbocycles. The fraction of sp³-hybridized carbons (Fsp3) is 0.0952. The van der Waals surface area contributed by atoms with Gasteiger partial charge in [0.25, 0.3) is 17.7 Å². The number of carbonyl (C=O) groups excluding carboxylic acids is 3. The molecule has 0 fully saturated rings. The number of amides is 3. The van der Waals surface area contributed by atoms with E-state index in [-0.39, 0.29) is 17.6 Å². The Morgan fingerprint density at radius 3 is 2.00 bits per heavy atom. The van der Waals surface area contributed by atoms with Crippen molar-refractivity contribution in [3.63, 3.8) is 0 Å². The second kappa shape index (κ2) is 8.22. The van der Waals surface area contributed by atoms with E-state index in [1.165, 1.54) is 11.2 Å². The van der Waals surface area contributed by atoms with Crippen LogP contribution in [0, 0.1) is 0 Å². The number of hydrogen-bond acceptors (Lipinski definition) is 4. The summed E-state index contributed by atoms with van der Waals surface area (Å²) in [6.07, 6.45) is 1.41. The van der Waals surface area contributed by atoms with E-state index in [0.717, 1.165) is 0 Å². The lowest BCUT2D eigenvalue weighted by atomic mass is 10.1. The molecule has 0 aliphatic rings. The fourth-order valence-electron chi connectivity index (χ4n) is 2.53. The third-order valence-corrected chi connectivity index (χ3v) is 3.90. The van der Waals surface area contributed by atoms with Gasteiger partial charge in [-0.1, -0.05) is 12.1 Å². The molecule has 7 heteroatoms. The van der Waals surface area contributed by atoms with Crippen molar-refractivity contribution in [1.29, 1.82) is 0 Å². The van der Waals surface area contributed by atoms with Crippen LogP contribution in [0.15, 0.2) is 71.3 Å². The maximum absolute atomic E-state index is 12.6. The molecule has 0 saturated heterocycles. The molecule has 0 atom stereocenters. The molecule has 0 aliphatic carbocycles. The molecule has 2 N–H and O–H groups in total. The Bertz CT molecular complexity index is 1010. The topological polar surface area (TPSA) is 91.7 Å². The number of rotatable bonds is 5. The summed E-state index contributed by atoms with van der Waals surface area (Å²) >= 11 is 0. The zero-order chi connectivity index (χ0) is 20.1. The second-order valence-corrected chi connectivity index (χ2v) is 6.25. The average molecular weight is 377 g/mol. The Labute approximate surface area is 162 Å². The summed E-state index contributed by atoms with van der Waals surface area (Å²) in [7, 11) is 3.33. The van der Waals surface area contributed by atoms with Crippen molar-refractivity contribution in [2.24, 2.45) is 0 Å². The van der Waals surface area contributed by atoms with E-state index in [9.17, 15) is 14.4 Å². The summed E-state index contributed by atoms with van der Waals surface area (Å²) in [4.78, 5) is 38.1. The van der Waals surface area contributed by atoms with E-state index in [1.54, 1.807) is 74.8 Å². The van der Waals surface area contributed by atoms with Gasteiger partial charge in [0.2, 0.25) is 0 Å². The van der Waals surface area contributed by atoms with E-state index >= 15 is 0 Å². The summed E-state index contributed by atoms with van der Waals surface area (Å²) in [5.74, 6) is -0.739. The number of carbonyl (C=O) groups is 3. The van der Waals surface area contributed by atoms with Crippen LogP contribution in [0.1, 0.15) is 31.3 Å². The number of nitrogens with one attached hydrogen (secondary N) is 2. The molecular formula is C21H19N3O4. The molecule has 142 valence electrons. The van der Waals surface area contributed by atoms with E-state index in [2.05, 4.69) is 10.6 Å². The van der Waals surface area contributed by atoms with Gasteiger partial charge < -0.3 is 20.0 Å². The first-order chi connectivity index (χ1) is 13.4. The third kappa shape index (κ3) is 4.45. The zero-order valence-corrected chi connectivity index (χ0v) is 15.4. The molecule has 0 unspecified atom stereocenters. The second-order valence-electron chi connectivity index (χ2n) is 6.25. The SMILES string of the molecule is CN(C)C(=O)c1cccc(NC(=O)c2cccc(NC(=O)c3ccco3)c2)c1. The molecular weight excluding hydrogens is 358 g/mol. The Balaban J connectivity index is 1.72. The van der Waals surface area contributed by atoms with E-state index in [0.29, 0.717) is 22.5 Å². The molecule has 0 aliphatic heterocycles. The molecule has 7 nitrogen and oxygen atoms in total. The van der Waals surface area contributed by atoms with Crippen LogP contribution in [0.25, 0.3) is 0 Å². The van der Waals surface area contributed by atoms with Gasteiger partial charge in [-0.15, -0.1) is 0 Å². The number of hydrogen-bond donors (Lipinski definition) is 2. The van der Waals surface area contributed by atoms with Crippen molar-refractivity contribution in [3.8, 4) is 0 Å². The first-order valence-corrected chi connectivity index (χ1v) is 8.52. The molecule has 3 amide bonds. The molecule has 1 aromatic heterocycles. The number of anilines is 2. The Hall–Kier alpha value is -3.87.